The van der Waals surface area contributed by atoms with E-state index in [1.54, 1.807) is 0 Å². The lowest BCUT2D eigenvalue weighted by Crippen LogP contribution is -2.36. The minimum absolute atomic E-state index is 0.153. The number of benzene rings is 1. The number of hydrogen-bond donors (Lipinski definition) is 1. The molecule has 1 aromatic rings. The maximum atomic E-state index is 13.2. The summed E-state index contributed by atoms with van der Waals surface area (Å²) >= 11 is 0. The van der Waals surface area contributed by atoms with Gasteiger partial charge >= 0.3 is 0 Å². The summed E-state index contributed by atoms with van der Waals surface area (Å²) in [5.74, 6) is -3.41. The van der Waals surface area contributed by atoms with Crippen LogP contribution >= 0.6 is 0 Å². The molecule has 1 aromatic carbocycles. The highest BCUT2D eigenvalue weighted by atomic mass is 19.2. The van der Waals surface area contributed by atoms with Crippen LogP contribution in [0.4, 0.5) is 14.5 Å². The summed E-state index contributed by atoms with van der Waals surface area (Å²) in [5.41, 5.74) is -1.21. The monoisotopic (exact) mass is 285 g/mol. The van der Waals surface area contributed by atoms with Gasteiger partial charge in [-0.15, -0.1) is 0 Å². The Bertz CT molecular complexity index is 565. The van der Waals surface area contributed by atoms with Gasteiger partial charge in [0.15, 0.2) is 11.6 Å². The molecule has 6 nitrogen and oxygen atoms in total. The summed E-state index contributed by atoms with van der Waals surface area (Å²) in [6.45, 7) is 1.41. The molecule has 108 valence electrons. The second-order valence-electron chi connectivity index (χ2n) is 4.76. The molecule has 1 atom stereocenters. The first-order chi connectivity index (χ1) is 9.38. The van der Waals surface area contributed by atoms with Crippen LogP contribution in [0.25, 0.3) is 0 Å². The summed E-state index contributed by atoms with van der Waals surface area (Å²) in [7, 11) is 1.88. The minimum atomic E-state index is -1.35. The fourth-order valence-electron chi connectivity index (χ4n) is 2.19. The van der Waals surface area contributed by atoms with Gasteiger partial charge in [-0.1, -0.05) is 0 Å². The Morgan fingerprint density at radius 2 is 2.10 bits per heavy atom. The Labute approximate surface area is 113 Å². The highest BCUT2D eigenvalue weighted by molar-refractivity contribution is 5.98. The second-order valence-corrected chi connectivity index (χ2v) is 4.76. The molecule has 0 radical (unpaired) electrons. The van der Waals surface area contributed by atoms with Crippen molar-refractivity contribution >= 4 is 11.6 Å². The molecule has 1 heterocycles. The number of nitro groups is 1. The highest BCUT2D eigenvalue weighted by Gasteiger charge is 2.27. The van der Waals surface area contributed by atoms with Gasteiger partial charge in [0, 0.05) is 12.6 Å². The minimum Gasteiger partial charge on any atom is -0.348 e. The van der Waals surface area contributed by atoms with Crippen molar-refractivity contribution in [2.45, 2.75) is 12.5 Å². The van der Waals surface area contributed by atoms with Crippen LogP contribution in [0, 0.1) is 21.7 Å². The molecule has 1 aliphatic rings. The summed E-state index contributed by atoms with van der Waals surface area (Å²) in [6, 6.07) is 0.826. The maximum absolute atomic E-state index is 13.2. The normalized spacial score (nSPS) is 19.1. The number of nitrogens with zero attached hydrogens (tertiary/aromatic N) is 2. The predicted octanol–water partition coefficient (Wildman–Crippen LogP) is 1.31. The number of halogens is 2. The molecule has 0 aromatic heterocycles. The summed E-state index contributed by atoms with van der Waals surface area (Å²) in [4.78, 5) is 23.9. The number of carbonyl (C=O) groups is 1. The van der Waals surface area contributed by atoms with E-state index in [0.717, 1.165) is 6.54 Å². The first-order valence-electron chi connectivity index (χ1n) is 6.01. The Morgan fingerprint density at radius 3 is 2.65 bits per heavy atom. The van der Waals surface area contributed by atoms with Crippen molar-refractivity contribution in [3.05, 3.63) is 39.4 Å². The van der Waals surface area contributed by atoms with E-state index in [0.29, 0.717) is 25.1 Å². The molecule has 2 rings (SSSR count). The van der Waals surface area contributed by atoms with Crippen LogP contribution in [0.3, 0.4) is 0 Å². The van der Waals surface area contributed by atoms with Crippen LogP contribution < -0.4 is 5.32 Å². The molecular formula is C12H13F2N3O3. The zero-order valence-electron chi connectivity index (χ0n) is 10.7. The average molecular weight is 285 g/mol. The lowest BCUT2D eigenvalue weighted by atomic mass is 10.1. The number of carbonyl (C=O) groups excluding carboxylic acids is 1. The van der Waals surface area contributed by atoms with Gasteiger partial charge in [-0.25, -0.2) is 8.78 Å². The van der Waals surface area contributed by atoms with Gasteiger partial charge in [-0.3, -0.25) is 14.9 Å². The molecule has 8 heteroatoms. The molecule has 1 amide bonds. The van der Waals surface area contributed by atoms with Crippen molar-refractivity contribution in [1.82, 2.24) is 10.2 Å². The fraction of sp³-hybridized carbons (Fsp3) is 0.417. The second kappa shape index (κ2) is 5.49. The van der Waals surface area contributed by atoms with E-state index in [4.69, 9.17) is 0 Å². The third-order valence-electron chi connectivity index (χ3n) is 3.21. The van der Waals surface area contributed by atoms with Crippen molar-refractivity contribution in [2.75, 3.05) is 20.1 Å². The zero-order valence-corrected chi connectivity index (χ0v) is 10.7. The summed E-state index contributed by atoms with van der Waals surface area (Å²) < 4.78 is 26.2. The molecular weight excluding hydrogens is 272 g/mol. The van der Waals surface area contributed by atoms with Crippen LogP contribution in [0.15, 0.2) is 12.1 Å². The van der Waals surface area contributed by atoms with Crippen LogP contribution in [0.1, 0.15) is 16.8 Å². The van der Waals surface area contributed by atoms with Gasteiger partial charge in [0.05, 0.1) is 11.0 Å². The number of rotatable bonds is 3. The fourth-order valence-corrected chi connectivity index (χ4v) is 2.19. The van der Waals surface area contributed by atoms with Gasteiger partial charge in [-0.2, -0.15) is 0 Å². The summed E-state index contributed by atoms with van der Waals surface area (Å²) in [5, 5.41) is 13.4. The van der Waals surface area contributed by atoms with E-state index >= 15 is 0 Å². The Morgan fingerprint density at radius 1 is 1.45 bits per heavy atom. The van der Waals surface area contributed by atoms with Crippen LogP contribution in [-0.4, -0.2) is 41.9 Å². The third-order valence-corrected chi connectivity index (χ3v) is 3.21. The maximum Gasteiger partial charge on any atom is 0.285 e. The third kappa shape index (κ3) is 2.90. The van der Waals surface area contributed by atoms with Crippen LogP contribution in [0.2, 0.25) is 0 Å². The van der Waals surface area contributed by atoms with E-state index in [2.05, 4.69) is 5.32 Å². The number of likely N-dealkylation sites (tertiary alicyclic amines) is 1. The first kappa shape index (κ1) is 14.3. The zero-order chi connectivity index (χ0) is 14.9. The van der Waals surface area contributed by atoms with Gasteiger partial charge in [0.2, 0.25) is 0 Å². The highest BCUT2D eigenvalue weighted by Crippen LogP contribution is 2.22. The molecule has 0 aliphatic carbocycles. The van der Waals surface area contributed by atoms with Gasteiger partial charge in [0.25, 0.3) is 11.6 Å². The Kier molecular flexibility index (Phi) is 3.93. The van der Waals surface area contributed by atoms with Gasteiger partial charge in [-0.05, 0) is 26.1 Å². The Hall–Kier alpha value is -2.09. The molecule has 1 unspecified atom stereocenters. The molecule has 0 spiro atoms. The predicted molar refractivity (Wildman–Crippen MR) is 66.4 cm³/mol. The molecule has 0 saturated carbocycles. The van der Waals surface area contributed by atoms with Crippen molar-refractivity contribution in [2.24, 2.45) is 0 Å². The van der Waals surface area contributed by atoms with E-state index < -0.39 is 33.7 Å². The molecule has 0 bridgehead atoms. The average Bonchev–Trinajstić information content (AvgIpc) is 2.77. The lowest BCUT2D eigenvalue weighted by molar-refractivity contribution is -0.385. The largest absolute Gasteiger partial charge is 0.348 e. The van der Waals surface area contributed by atoms with Crippen molar-refractivity contribution in [1.29, 1.82) is 0 Å². The van der Waals surface area contributed by atoms with Crippen molar-refractivity contribution in [3.63, 3.8) is 0 Å². The van der Waals surface area contributed by atoms with E-state index in [9.17, 15) is 23.7 Å². The van der Waals surface area contributed by atoms with Crippen molar-refractivity contribution in [3.8, 4) is 0 Å². The van der Waals surface area contributed by atoms with Crippen LogP contribution in [-0.2, 0) is 0 Å². The van der Waals surface area contributed by atoms with Gasteiger partial charge < -0.3 is 10.2 Å². The quantitative estimate of drug-likeness (QED) is 0.671. The first-order valence-corrected chi connectivity index (χ1v) is 6.01. The van der Waals surface area contributed by atoms with E-state index in [1.807, 2.05) is 11.9 Å². The SMILES string of the molecule is CN1CCC(NC(=O)c2cc(F)c(F)cc2[N+](=O)[O-])C1. The van der Waals surface area contributed by atoms with Gasteiger partial charge in [0.1, 0.15) is 5.56 Å². The standard InChI is InChI=1S/C12H13F2N3O3/c1-16-3-2-7(6-16)15-12(18)8-4-9(13)10(14)5-11(8)17(19)20/h4-5,7H,2-3,6H2,1H3,(H,15,18). The number of nitrogens with one attached hydrogen (secondary N) is 1. The molecule has 1 saturated heterocycles. The van der Waals surface area contributed by atoms with E-state index in [1.165, 1.54) is 0 Å². The molecule has 1 N–H and O–H groups in total. The van der Waals surface area contributed by atoms with Crippen molar-refractivity contribution < 1.29 is 18.5 Å². The Balaban J connectivity index is 2.24. The van der Waals surface area contributed by atoms with E-state index in [-0.39, 0.29) is 6.04 Å². The molecule has 1 fully saturated rings. The molecule has 20 heavy (non-hydrogen) atoms. The number of likely N-dealkylation sites (N-methyl/N-ethyl adjacent to an activating group) is 1. The number of nitro benzene ring substituents is 1. The lowest BCUT2D eigenvalue weighted by Gasteiger charge is -2.13. The number of hydrogen-bond acceptors (Lipinski definition) is 4. The summed E-state index contributed by atoms with van der Waals surface area (Å²) in [6.07, 6.45) is 0.708. The smallest absolute Gasteiger partial charge is 0.285 e. The van der Waals surface area contributed by atoms with Crippen LogP contribution in [0.5, 0.6) is 0 Å². The number of amides is 1. The topological polar surface area (TPSA) is 75.5 Å². The molecule has 1 aliphatic heterocycles.